The first-order chi connectivity index (χ1) is 13.6. The Morgan fingerprint density at radius 3 is 2.45 bits per heavy atom. The van der Waals surface area contributed by atoms with Gasteiger partial charge in [0.15, 0.2) is 5.11 Å². The van der Waals surface area contributed by atoms with Gasteiger partial charge in [-0.3, -0.25) is 4.79 Å². The summed E-state index contributed by atoms with van der Waals surface area (Å²) in [6, 6.07) is 11.3. The first kappa shape index (κ1) is 23.5. The second kappa shape index (κ2) is 10.3. The van der Waals surface area contributed by atoms with Crippen molar-refractivity contribution in [1.29, 1.82) is 0 Å². The highest BCUT2D eigenvalue weighted by Gasteiger charge is 2.28. The van der Waals surface area contributed by atoms with Crippen LogP contribution < -0.4 is 15.4 Å². The van der Waals surface area contributed by atoms with Crippen molar-refractivity contribution in [2.75, 3.05) is 11.9 Å². The molecule has 0 atom stereocenters. The minimum absolute atomic E-state index is 0.157. The number of halogens is 2. The molecule has 0 radical (unpaired) electrons. The summed E-state index contributed by atoms with van der Waals surface area (Å²) >= 11 is 17.5. The third kappa shape index (κ3) is 6.88. The van der Waals surface area contributed by atoms with E-state index in [0.717, 1.165) is 23.3 Å². The number of para-hydroxylation sites is 1. The number of anilines is 1. The second-order valence-electron chi connectivity index (χ2n) is 7.61. The molecule has 0 aliphatic rings. The van der Waals surface area contributed by atoms with Gasteiger partial charge in [0.2, 0.25) is 5.91 Å². The molecule has 156 valence electrons. The van der Waals surface area contributed by atoms with Crippen LogP contribution in [0.3, 0.4) is 0 Å². The number of carbonyl (C=O) groups is 1. The van der Waals surface area contributed by atoms with E-state index >= 15 is 0 Å². The van der Waals surface area contributed by atoms with Crippen LogP contribution >= 0.6 is 35.4 Å². The number of benzene rings is 2. The average Bonchev–Trinajstić information content (AvgIpc) is 2.64. The maximum Gasteiger partial charge on any atom is 0.231 e. The lowest BCUT2D eigenvalue weighted by Gasteiger charge is -2.24. The highest BCUT2D eigenvalue weighted by molar-refractivity contribution is 7.80. The number of ether oxygens (including phenoxy) is 1. The summed E-state index contributed by atoms with van der Waals surface area (Å²) in [5.74, 6) is 0.708. The fraction of sp³-hybridized carbons (Fsp3) is 0.364. The maximum absolute atomic E-state index is 12.7. The summed E-state index contributed by atoms with van der Waals surface area (Å²) < 4.78 is 5.88. The molecule has 0 spiro atoms. The van der Waals surface area contributed by atoms with Gasteiger partial charge in [-0.15, -0.1) is 0 Å². The van der Waals surface area contributed by atoms with Gasteiger partial charge in [-0.2, -0.15) is 0 Å². The molecule has 0 unspecified atom stereocenters. The smallest absolute Gasteiger partial charge is 0.231 e. The van der Waals surface area contributed by atoms with E-state index in [1.807, 2.05) is 39.8 Å². The number of carbonyl (C=O) groups excluding carboxylic acids is 1. The molecule has 29 heavy (non-hydrogen) atoms. The lowest BCUT2D eigenvalue weighted by Crippen LogP contribution is -2.42. The van der Waals surface area contributed by atoms with Crippen molar-refractivity contribution in [2.45, 2.75) is 40.5 Å². The second-order valence-corrected chi connectivity index (χ2v) is 8.83. The monoisotopic (exact) mass is 452 g/mol. The van der Waals surface area contributed by atoms with Gasteiger partial charge in [0, 0.05) is 5.41 Å². The predicted molar refractivity (Wildman–Crippen MR) is 125 cm³/mol. The van der Waals surface area contributed by atoms with E-state index in [-0.39, 0.29) is 11.0 Å². The largest absolute Gasteiger partial charge is 0.493 e. The van der Waals surface area contributed by atoms with Gasteiger partial charge < -0.3 is 15.4 Å². The van der Waals surface area contributed by atoms with Crippen LogP contribution in [0.5, 0.6) is 5.75 Å². The van der Waals surface area contributed by atoms with E-state index in [1.54, 1.807) is 18.2 Å². The zero-order valence-corrected chi connectivity index (χ0v) is 19.4. The SMILES string of the molecule is Cc1ccc(C)c(OCCCC(C)(C)C(=O)NC(=S)Nc2c(Cl)cccc2Cl)c1. The molecule has 2 aromatic carbocycles. The van der Waals surface area contributed by atoms with Crippen molar-refractivity contribution in [3.63, 3.8) is 0 Å². The summed E-state index contributed by atoms with van der Waals surface area (Å²) in [5.41, 5.74) is 2.12. The lowest BCUT2D eigenvalue weighted by atomic mass is 9.87. The van der Waals surface area contributed by atoms with Crippen molar-refractivity contribution in [2.24, 2.45) is 5.41 Å². The van der Waals surface area contributed by atoms with E-state index in [1.165, 1.54) is 0 Å². The molecule has 7 heteroatoms. The molecular weight excluding hydrogens is 427 g/mol. The van der Waals surface area contributed by atoms with Crippen LogP contribution in [0.4, 0.5) is 5.69 Å². The quantitative estimate of drug-likeness (QED) is 0.381. The van der Waals surface area contributed by atoms with E-state index in [4.69, 9.17) is 40.2 Å². The van der Waals surface area contributed by atoms with Crippen LogP contribution in [0, 0.1) is 19.3 Å². The van der Waals surface area contributed by atoms with Crippen LogP contribution in [0.15, 0.2) is 36.4 Å². The first-order valence-corrected chi connectivity index (χ1v) is 10.5. The number of hydrogen-bond acceptors (Lipinski definition) is 3. The zero-order valence-electron chi connectivity index (χ0n) is 17.1. The molecule has 0 fully saturated rings. The predicted octanol–water partition coefficient (Wildman–Crippen LogP) is 6.31. The Kier molecular flexibility index (Phi) is 8.32. The van der Waals surface area contributed by atoms with Gasteiger partial charge in [0.1, 0.15) is 5.75 Å². The van der Waals surface area contributed by atoms with Crippen LogP contribution in [0.2, 0.25) is 10.0 Å². The number of hydrogen-bond donors (Lipinski definition) is 2. The van der Waals surface area contributed by atoms with Gasteiger partial charge in [0.25, 0.3) is 0 Å². The van der Waals surface area contributed by atoms with Crippen molar-refractivity contribution in [1.82, 2.24) is 5.32 Å². The van der Waals surface area contributed by atoms with Gasteiger partial charge in [-0.25, -0.2) is 0 Å². The Morgan fingerprint density at radius 1 is 1.14 bits per heavy atom. The van der Waals surface area contributed by atoms with E-state index in [0.29, 0.717) is 28.8 Å². The minimum Gasteiger partial charge on any atom is -0.493 e. The minimum atomic E-state index is -0.610. The Morgan fingerprint density at radius 2 is 1.79 bits per heavy atom. The third-order valence-electron chi connectivity index (χ3n) is 4.59. The Balaban J connectivity index is 1.84. The summed E-state index contributed by atoms with van der Waals surface area (Å²) in [7, 11) is 0. The van der Waals surface area contributed by atoms with Crippen molar-refractivity contribution >= 4 is 52.1 Å². The fourth-order valence-corrected chi connectivity index (χ4v) is 3.39. The van der Waals surface area contributed by atoms with Crippen LogP contribution in [-0.2, 0) is 4.79 Å². The Bertz CT molecular complexity index is 880. The molecule has 2 aromatic rings. The molecule has 0 bridgehead atoms. The van der Waals surface area contributed by atoms with Crippen molar-refractivity contribution < 1.29 is 9.53 Å². The fourth-order valence-electron chi connectivity index (χ4n) is 2.71. The zero-order chi connectivity index (χ0) is 21.6. The van der Waals surface area contributed by atoms with Gasteiger partial charge in [-0.05, 0) is 68.2 Å². The van der Waals surface area contributed by atoms with E-state index in [9.17, 15) is 4.79 Å². The van der Waals surface area contributed by atoms with E-state index < -0.39 is 5.41 Å². The van der Waals surface area contributed by atoms with Gasteiger partial charge in [-0.1, -0.05) is 55.2 Å². The number of rotatable bonds is 7. The third-order valence-corrected chi connectivity index (χ3v) is 5.42. The number of aryl methyl sites for hydroxylation is 2. The Hall–Kier alpha value is -1.82. The molecule has 0 aliphatic carbocycles. The normalized spacial score (nSPS) is 11.1. The first-order valence-electron chi connectivity index (χ1n) is 9.36. The van der Waals surface area contributed by atoms with Crippen molar-refractivity contribution in [3.05, 3.63) is 57.6 Å². The molecule has 4 nitrogen and oxygen atoms in total. The standard InChI is InChI=1S/C22H26Cl2N2O2S/c1-14-9-10-15(2)18(13-14)28-12-6-11-22(3,4)20(27)26-21(29)25-19-16(23)7-5-8-17(19)24/h5,7-10,13H,6,11-12H2,1-4H3,(H2,25,26,27,29). The highest BCUT2D eigenvalue weighted by Crippen LogP contribution is 2.30. The number of nitrogens with one attached hydrogen (secondary N) is 2. The summed E-state index contributed by atoms with van der Waals surface area (Å²) in [6.07, 6.45) is 1.39. The lowest BCUT2D eigenvalue weighted by molar-refractivity contribution is -0.128. The average molecular weight is 453 g/mol. The topological polar surface area (TPSA) is 50.4 Å². The van der Waals surface area contributed by atoms with Crippen LogP contribution in [0.25, 0.3) is 0 Å². The molecule has 0 aromatic heterocycles. The molecule has 0 saturated carbocycles. The molecular formula is C22H26Cl2N2O2S. The number of thiocarbonyl (C=S) groups is 1. The molecule has 0 aliphatic heterocycles. The van der Waals surface area contributed by atoms with E-state index in [2.05, 4.69) is 16.7 Å². The van der Waals surface area contributed by atoms with Crippen LogP contribution in [-0.4, -0.2) is 17.6 Å². The number of amides is 1. The van der Waals surface area contributed by atoms with Gasteiger partial charge >= 0.3 is 0 Å². The maximum atomic E-state index is 12.7. The highest BCUT2D eigenvalue weighted by atomic mass is 35.5. The van der Waals surface area contributed by atoms with Crippen molar-refractivity contribution in [3.8, 4) is 5.75 Å². The molecule has 1 amide bonds. The molecule has 0 heterocycles. The van der Waals surface area contributed by atoms with Crippen LogP contribution in [0.1, 0.15) is 37.8 Å². The molecule has 2 N–H and O–H groups in total. The summed E-state index contributed by atoms with van der Waals surface area (Å²) in [4.78, 5) is 12.7. The molecule has 0 saturated heterocycles. The van der Waals surface area contributed by atoms with Gasteiger partial charge in [0.05, 0.1) is 22.3 Å². The molecule has 2 rings (SSSR count). The Labute approximate surface area is 187 Å². The summed E-state index contributed by atoms with van der Waals surface area (Å²) in [6.45, 7) is 8.35. The summed E-state index contributed by atoms with van der Waals surface area (Å²) in [5, 5.41) is 6.63.